The number of hydrogen-bond donors (Lipinski definition) is 1. The van der Waals surface area contributed by atoms with Crippen LogP contribution in [0.1, 0.15) is 32.4 Å². The number of nitrogens with one attached hydrogen (secondary N) is 1. The van der Waals surface area contributed by atoms with Gasteiger partial charge in [0.15, 0.2) is 0 Å². The molecule has 0 radical (unpaired) electrons. The number of aryl methyl sites for hydroxylation is 1. The Kier molecular flexibility index (Phi) is 3.55. The van der Waals surface area contributed by atoms with Gasteiger partial charge in [0.25, 0.3) is 5.91 Å². The first kappa shape index (κ1) is 13.5. The van der Waals surface area contributed by atoms with Crippen molar-refractivity contribution in [2.75, 3.05) is 11.4 Å². The molecule has 1 N–H and O–H groups in total. The van der Waals surface area contributed by atoms with Gasteiger partial charge in [-0.05, 0) is 32.4 Å². The number of carbonyl (C=O) groups excluding carboxylic acids is 2. The molecule has 1 saturated heterocycles. The third-order valence-corrected chi connectivity index (χ3v) is 3.67. The summed E-state index contributed by atoms with van der Waals surface area (Å²) in [4.78, 5) is 30.3. The van der Waals surface area contributed by atoms with Gasteiger partial charge in [0.1, 0.15) is 5.54 Å². The van der Waals surface area contributed by atoms with Crippen LogP contribution in [0.25, 0.3) is 0 Å². The lowest BCUT2D eigenvalue weighted by atomic mass is 9.97. The Balaban J connectivity index is 2.43. The molecule has 0 aromatic carbocycles. The number of pyridine rings is 1. The molecule has 1 atom stereocenters. The number of nitrogens with zero attached hydrogens (tertiary/aromatic N) is 2. The largest absolute Gasteiger partial charge is 0.342 e. The van der Waals surface area contributed by atoms with E-state index in [1.54, 1.807) is 24.1 Å². The maximum atomic E-state index is 12.7. The summed E-state index contributed by atoms with van der Waals surface area (Å²) in [7, 11) is 0. The topological polar surface area (TPSA) is 62.3 Å². The molecule has 0 aliphatic carbocycles. The van der Waals surface area contributed by atoms with Crippen LogP contribution in [-0.2, 0) is 9.59 Å². The summed E-state index contributed by atoms with van der Waals surface area (Å²) < 4.78 is 0. The highest BCUT2D eigenvalue weighted by Gasteiger charge is 2.40. The SMILES string of the molecule is CCC1(C)NC(=O)CCN(c2cccnc2C)C1=O. The van der Waals surface area contributed by atoms with Crippen molar-refractivity contribution in [3.63, 3.8) is 0 Å². The summed E-state index contributed by atoms with van der Waals surface area (Å²) in [6, 6.07) is 3.67. The second-order valence-corrected chi connectivity index (χ2v) is 5.05. The van der Waals surface area contributed by atoms with Crippen molar-refractivity contribution in [3.05, 3.63) is 24.0 Å². The average Bonchev–Trinajstić information content (AvgIpc) is 2.50. The third kappa shape index (κ3) is 2.45. The van der Waals surface area contributed by atoms with Crippen molar-refractivity contribution in [1.29, 1.82) is 0 Å². The Labute approximate surface area is 113 Å². The summed E-state index contributed by atoms with van der Waals surface area (Å²) in [5.41, 5.74) is 0.739. The molecule has 1 aliphatic rings. The van der Waals surface area contributed by atoms with E-state index in [0.717, 1.165) is 11.4 Å². The fourth-order valence-corrected chi connectivity index (χ4v) is 2.27. The van der Waals surface area contributed by atoms with E-state index < -0.39 is 5.54 Å². The maximum absolute atomic E-state index is 12.7. The van der Waals surface area contributed by atoms with E-state index in [1.807, 2.05) is 19.9 Å². The first-order valence-corrected chi connectivity index (χ1v) is 6.52. The molecule has 5 heteroatoms. The van der Waals surface area contributed by atoms with Gasteiger partial charge in [0.05, 0.1) is 11.4 Å². The number of hydrogen-bond acceptors (Lipinski definition) is 3. The zero-order valence-corrected chi connectivity index (χ0v) is 11.6. The van der Waals surface area contributed by atoms with Crippen LogP contribution in [0.15, 0.2) is 18.3 Å². The third-order valence-electron chi connectivity index (χ3n) is 3.67. The van der Waals surface area contributed by atoms with Crippen molar-refractivity contribution in [3.8, 4) is 0 Å². The van der Waals surface area contributed by atoms with E-state index in [0.29, 0.717) is 19.4 Å². The molecule has 0 saturated carbocycles. The quantitative estimate of drug-likeness (QED) is 0.875. The highest BCUT2D eigenvalue weighted by Crippen LogP contribution is 2.25. The standard InChI is InChI=1S/C14H19N3O2/c1-4-14(3)13(19)17(9-7-12(18)16-14)11-6-5-8-15-10(11)2/h5-6,8H,4,7,9H2,1-3H3,(H,16,18). The van der Waals surface area contributed by atoms with Gasteiger partial charge < -0.3 is 10.2 Å². The van der Waals surface area contributed by atoms with Crippen LogP contribution < -0.4 is 10.2 Å². The number of amides is 2. The second-order valence-electron chi connectivity index (χ2n) is 5.05. The van der Waals surface area contributed by atoms with Crippen LogP contribution in [-0.4, -0.2) is 28.9 Å². The van der Waals surface area contributed by atoms with Crippen molar-refractivity contribution >= 4 is 17.5 Å². The molecule has 1 aromatic heterocycles. The normalized spacial score (nSPS) is 24.1. The zero-order chi connectivity index (χ0) is 14.0. The fraction of sp³-hybridized carbons (Fsp3) is 0.500. The van der Waals surface area contributed by atoms with E-state index in [2.05, 4.69) is 10.3 Å². The Morgan fingerprint density at radius 1 is 1.47 bits per heavy atom. The molecule has 2 heterocycles. The van der Waals surface area contributed by atoms with Crippen LogP contribution in [0.4, 0.5) is 5.69 Å². The zero-order valence-electron chi connectivity index (χ0n) is 11.6. The molecule has 1 aromatic rings. The first-order chi connectivity index (χ1) is 8.98. The van der Waals surface area contributed by atoms with Crippen molar-refractivity contribution in [2.24, 2.45) is 0 Å². The predicted molar refractivity (Wildman–Crippen MR) is 72.8 cm³/mol. The number of anilines is 1. The highest BCUT2D eigenvalue weighted by atomic mass is 16.2. The molecule has 2 amide bonds. The molecular weight excluding hydrogens is 242 g/mol. The highest BCUT2D eigenvalue weighted by molar-refractivity contribution is 6.04. The van der Waals surface area contributed by atoms with Crippen molar-refractivity contribution < 1.29 is 9.59 Å². The first-order valence-electron chi connectivity index (χ1n) is 6.52. The molecule has 1 unspecified atom stereocenters. The summed E-state index contributed by atoms with van der Waals surface area (Å²) in [5.74, 6) is -0.154. The Morgan fingerprint density at radius 3 is 2.84 bits per heavy atom. The summed E-state index contributed by atoms with van der Waals surface area (Å²) in [6.07, 6.45) is 2.58. The Hall–Kier alpha value is -1.91. The van der Waals surface area contributed by atoms with E-state index >= 15 is 0 Å². The maximum Gasteiger partial charge on any atom is 0.252 e. The van der Waals surface area contributed by atoms with E-state index in [-0.39, 0.29) is 11.8 Å². The van der Waals surface area contributed by atoms with Gasteiger partial charge in [-0.2, -0.15) is 0 Å². The van der Waals surface area contributed by atoms with Crippen LogP contribution in [0.2, 0.25) is 0 Å². The lowest BCUT2D eigenvalue weighted by molar-refractivity contribution is -0.129. The van der Waals surface area contributed by atoms with Crippen LogP contribution in [0.5, 0.6) is 0 Å². The minimum absolute atomic E-state index is 0.0723. The van der Waals surface area contributed by atoms with Gasteiger partial charge in [-0.1, -0.05) is 6.92 Å². The smallest absolute Gasteiger partial charge is 0.252 e. The number of carbonyl (C=O) groups is 2. The van der Waals surface area contributed by atoms with Gasteiger partial charge in [-0.25, -0.2) is 0 Å². The Morgan fingerprint density at radius 2 is 2.21 bits per heavy atom. The molecule has 1 aliphatic heterocycles. The van der Waals surface area contributed by atoms with Gasteiger partial charge in [0.2, 0.25) is 5.91 Å². The monoisotopic (exact) mass is 261 g/mol. The summed E-state index contributed by atoms with van der Waals surface area (Å²) in [5, 5.41) is 2.82. The van der Waals surface area contributed by atoms with Gasteiger partial charge >= 0.3 is 0 Å². The van der Waals surface area contributed by atoms with Gasteiger partial charge in [-0.15, -0.1) is 0 Å². The lowest BCUT2D eigenvalue weighted by Crippen LogP contribution is -2.55. The van der Waals surface area contributed by atoms with E-state index in [9.17, 15) is 9.59 Å². The molecule has 102 valence electrons. The molecule has 1 fully saturated rings. The molecular formula is C14H19N3O2. The molecule has 0 spiro atoms. The van der Waals surface area contributed by atoms with Gasteiger partial charge in [0, 0.05) is 19.2 Å². The van der Waals surface area contributed by atoms with Crippen LogP contribution in [0.3, 0.4) is 0 Å². The summed E-state index contributed by atoms with van der Waals surface area (Å²) >= 11 is 0. The second kappa shape index (κ2) is 4.99. The Bertz CT molecular complexity index is 515. The average molecular weight is 261 g/mol. The molecule has 2 rings (SSSR count). The minimum Gasteiger partial charge on any atom is -0.342 e. The molecule has 0 bridgehead atoms. The molecule has 5 nitrogen and oxygen atoms in total. The van der Waals surface area contributed by atoms with Crippen LogP contribution in [0, 0.1) is 6.92 Å². The van der Waals surface area contributed by atoms with Crippen LogP contribution >= 0.6 is 0 Å². The van der Waals surface area contributed by atoms with Gasteiger partial charge in [-0.3, -0.25) is 14.6 Å². The van der Waals surface area contributed by atoms with E-state index in [1.165, 1.54) is 0 Å². The summed E-state index contributed by atoms with van der Waals surface area (Å²) in [6.45, 7) is 5.94. The number of aromatic nitrogens is 1. The lowest BCUT2D eigenvalue weighted by Gasteiger charge is -2.31. The molecule has 19 heavy (non-hydrogen) atoms. The number of rotatable bonds is 2. The predicted octanol–water partition coefficient (Wildman–Crippen LogP) is 1.41. The van der Waals surface area contributed by atoms with Crippen molar-refractivity contribution in [2.45, 2.75) is 39.2 Å². The van der Waals surface area contributed by atoms with E-state index in [4.69, 9.17) is 0 Å². The van der Waals surface area contributed by atoms with Crippen molar-refractivity contribution in [1.82, 2.24) is 10.3 Å². The fourth-order valence-electron chi connectivity index (χ4n) is 2.27. The minimum atomic E-state index is -0.837.